The molecule has 0 radical (unpaired) electrons. The molecule has 3 N–H and O–H groups in total. The van der Waals surface area contributed by atoms with Gasteiger partial charge in [-0.1, -0.05) is 164 Å². The van der Waals surface area contributed by atoms with Crippen molar-refractivity contribution < 1.29 is 0 Å². The molecule has 61 heavy (non-hydrogen) atoms. The summed E-state index contributed by atoms with van der Waals surface area (Å²) in [6.07, 6.45) is 2.53. The highest BCUT2D eigenvalue weighted by Gasteiger charge is 2.22. The fourth-order valence-electron chi connectivity index (χ4n) is 7.94. The van der Waals surface area contributed by atoms with Gasteiger partial charge in [0.2, 0.25) is 0 Å². The van der Waals surface area contributed by atoms with Crippen LogP contribution in [-0.2, 0) is 19.3 Å². The molecule has 296 valence electrons. The summed E-state index contributed by atoms with van der Waals surface area (Å²) in [5.41, 5.74) is 16.5. The number of para-hydroxylation sites is 2. The summed E-state index contributed by atoms with van der Waals surface area (Å²) in [6.45, 7) is 0. The minimum absolute atomic E-state index is 0.837. The van der Waals surface area contributed by atoms with Crippen molar-refractivity contribution in [1.82, 2.24) is 0 Å². The number of benzene rings is 9. The predicted molar refractivity (Wildman–Crippen MR) is 258 cm³/mol. The van der Waals surface area contributed by atoms with Crippen molar-refractivity contribution in [3.05, 3.63) is 270 Å². The highest BCUT2D eigenvalue weighted by Crippen LogP contribution is 2.48. The van der Waals surface area contributed by atoms with E-state index >= 15 is 0 Å². The van der Waals surface area contributed by atoms with Crippen LogP contribution in [0.1, 0.15) is 33.4 Å². The summed E-state index contributed by atoms with van der Waals surface area (Å²) in [5.74, 6) is 0. The van der Waals surface area contributed by atoms with E-state index in [4.69, 9.17) is 0 Å². The first-order valence-electron chi connectivity index (χ1n) is 21.0. The van der Waals surface area contributed by atoms with Crippen LogP contribution in [0.3, 0.4) is 0 Å². The second kappa shape index (κ2) is 18.8. The Morgan fingerprint density at radius 2 is 0.623 bits per heavy atom. The van der Waals surface area contributed by atoms with E-state index in [-0.39, 0.29) is 0 Å². The SMILES string of the molecule is c1ccc(Cc2cccc(Nc3ccc(N(c4ccccc4)c4ccccc4)c(Nc4cccc(Cc5ccccc5)c4)c3Nc3cccc(Cc4ccccc4)c3)c2)cc1. The third-order valence-electron chi connectivity index (χ3n) is 10.8. The van der Waals surface area contributed by atoms with E-state index in [9.17, 15) is 0 Å². The molecule has 0 fully saturated rings. The van der Waals surface area contributed by atoms with Gasteiger partial charge >= 0.3 is 0 Å². The lowest BCUT2D eigenvalue weighted by Crippen LogP contribution is -2.14. The standard InChI is InChI=1S/C57H48N4/c1-6-19-43(20-7-1)37-46-25-16-28-49(40-46)58-54-35-36-55(61(52-31-12-4-13-32-52)53-33-14-5-15-34-53)57(60-51-30-18-27-48(42-51)39-45-23-10-3-11-24-45)56(54)59-50-29-17-26-47(41-50)38-44-21-8-2-9-22-44/h1-36,40-42,58-60H,37-39H2. The van der Waals surface area contributed by atoms with Crippen LogP contribution in [0.2, 0.25) is 0 Å². The van der Waals surface area contributed by atoms with Crippen LogP contribution < -0.4 is 20.9 Å². The van der Waals surface area contributed by atoms with Crippen molar-refractivity contribution in [2.75, 3.05) is 20.9 Å². The van der Waals surface area contributed by atoms with Crippen LogP contribution in [-0.4, -0.2) is 0 Å². The minimum atomic E-state index is 0.837. The molecule has 0 aliphatic rings. The number of hydrogen-bond acceptors (Lipinski definition) is 4. The maximum atomic E-state index is 3.99. The molecule has 4 nitrogen and oxygen atoms in total. The number of rotatable bonds is 15. The van der Waals surface area contributed by atoms with Crippen LogP contribution in [0.5, 0.6) is 0 Å². The van der Waals surface area contributed by atoms with E-state index in [0.717, 1.165) is 70.4 Å². The zero-order chi connectivity index (χ0) is 41.1. The Morgan fingerprint density at radius 3 is 1.03 bits per heavy atom. The fraction of sp³-hybridized carbons (Fsp3) is 0.0526. The van der Waals surface area contributed by atoms with Crippen molar-refractivity contribution in [3.8, 4) is 0 Å². The Labute approximate surface area is 359 Å². The summed E-state index contributed by atoms with van der Waals surface area (Å²) in [6, 6.07) is 83.9. The Morgan fingerprint density at radius 1 is 0.279 bits per heavy atom. The summed E-state index contributed by atoms with van der Waals surface area (Å²) < 4.78 is 0. The van der Waals surface area contributed by atoms with Gasteiger partial charge in [-0.15, -0.1) is 0 Å². The molecule has 0 spiro atoms. The molecule has 0 saturated carbocycles. The first kappa shape index (κ1) is 38.7. The average molecular weight is 789 g/mol. The van der Waals surface area contributed by atoms with E-state index in [1.165, 1.54) is 33.4 Å². The lowest BCUT2D eigenvalue weighted by Gasteiger charge is -2.30. The topological polar surface area (TPSA) is 39.3 Å². The Kier molecular flexibility index (Phi) is 11.9. The highest BCUT2D eigenvalue weighted by molar-refractivity contribution is 6.00. The number of nitrogens with zero attached hydrogens (tertiary/aromatic N) is 1. The van der Waals surface area contributed by atoms with Crippen LogP contribution >= 0.6 is 0 Å². The zero-order valence-electron chi connectivity index (χ0n) is 34.1. The van der Waals surface area contributed by atoms with E-state index < -0.39 is 0 Å². The monoisotopic (exact) mass is 788 g/mol. The van der Waals surface area contributed by atoms with Crippen LogP contribution in [0.25, 0.3) is 0 Å². The molecule has 0 heterocycles. The Balaban J connectivity index is 1.20. The minimum Gasteiger partial charge on any atom is -0.354 e. The molecule has 0 saturated heterocycles. The van der Waals surface area contributed by atoms with E-state index in [1.807, 2.05) is 0 Å². The summed E-state index contributed by atoms with van der Waals surface area (Å²) in [5, 5.41) is 11.8. The summed E-state index contributed by atoms with van der Waals surface area (Å²) >= 11 is 0. The maximum absolute atomic E-state index is 3.99. The van der Waals surface area contributed by atoms with Crippen molar-refractivity contribution in [2.24, 2.45) is 0 Å². The van der Waals surface area contributed by atoms with Gasteiger partial charge in [-0.25, -0.2) is 0 Å². The lowest BCUT2D eigenvalue weighted by molar-refractivity contribution is 1.19. The first-order valence-corrected chi connectivity index (χ1v) is 21.0. The predicted octanol–water partition coefficient (Wildman–Crippen LogP) is 15.2. The molecular formula is C57H48N4. The smallest absolute Gasteiger partial charge is 0.0889 e. The van der Waals surface area contributed by atoms with Gasteiger partial charge in [-0.2, -0.15) is 0 Å². The molecule has 0 aliphatic heterocycles. The molecule has 4 heteroatoms. The molecule has 9 aromatic rings. The first-order chi connectivity index (χ1) is 30.2. The maximum Gasteiger partial charge on any atom is 0.0889 e. The van der Waals surface area contributed by atoms with Crippen molar-refractivity contribution >= 4 is 51.2 Å². The molecule has 0 bridgehead atoms. The second-order valence-electron chi connectivity index (χ2n) is 15.4. The summed E-state index contributed by atoms with van der Waals surface area (Å²) in [7, 11) is 0. The number of hydrogen-bond donors (Lipinski definition) is 3. The van der Waals surface area contributed by atoms with Gasteiger partial charge in [0.1, 0.15) is 0 Å². The Bertz CT molecular complexity index is 2750. The van der Waals surface area contributed by atoms with Gasteiger partial charge in [-0.05, 0) is 125 Å². The van der Waals surface area contributed by atoms with Gasteiger partial charge in [0, 0.05) is 28.4 Å². The third-order valence-corrected chi connectivity index (χ3v) is 10.8. The second-order valence-corrected chi connectivity index (χ2v) is 15.4. The van der Waals surface area contributed by atoms with E-state index in [0.29, 0.717) is 0 Å². The molecule has 9 aromatic carbocycles. The van der Waals surface area contributed by atoms with Gasteiger partial charge in [-0.3, -0.25) is 0 Å². The quantitative estimate of drug-likeness (QED) is 0.0967. The molecule has 0 aliphatic carbocycles. The zero-order valence-corrected chi connectivity index (χ0v) is 34.1. The molecule has 0 amide bonds. The van der Waals surface area contributed by atoms with Gasteiger partial charge in [0.25, 0.3) is 0 Å². The van der Waals surface area contributed by atoms with Crippen LogP contribution in [0.15, 0.2) is 237 Å². The van der Waals surface area contributed by atoms with Crippen molar-refractivity contribution in [1.29, 1.82) is 0 Å². The van der Waals surface area contributed by atoms with E-state index in [1.54, 1.807) is 0 Å². The molecule has 0 aromatic heterocycles. The average Bonchev–Trinajstić information content (AvgIpc) is 3.30. The van der Waals surface area contributed by atoms with E-state index in [2.05, 4.69) is 257 Å². The largest absolute Gasteiger partial charge is 0.354 e. The molecule has 9 rings (SSSR count). The van der Waals surface area contributed by atoms with Crippen LogP contribution in [0.4, 0.5) is 51.2 Å². The molecule has 0 atom stereocenters. The van der Waals surface area contributed by atoms with Crippen LogP contribution in [0, 0.1) is 0 Å². The number of anilines is 9. The lowest BCUT2D eigenvalue weighted by atomic mass is 10.0. The fourth-order valence-corrected chi connectivity index (χ4v) is 7.94. The van der Waals surface area contributed by atoms with Crippen molar-refractivity contribution in [2.45, 2.75) is 19.3 Å². The normalized spacial score (nSPS) is 10.8. The summed E-state index contributed by atoms with van der Waals surface area (Å²) in [4.78, 5) is 2.33. The van der Waals surface area contributed by atoms with Crippen molar-refractivity contribution in [3.63, 3.8) is 0 Å². The number of nitrogens with one attached hydrogen (secondary N) is 3. The van der Waals surface area contributed by atoms with Gasteiger partial charge < -0.3 is 20.9 Å². The third kappa shape index (κ3) is 9.90. The van der Waals surface area contributed by atoms with Gasteiger partial charge in [0.15, 0.2) is 0 Å². The highest BCUT2D eigenvalue weighted by atomic mass is 15.2. The Hall–Kier alpha value is -7.82. The van der Waals surface area contributed by atoms with Gasteiger partial charge in [0.05, 0.1) is 22.7 Å². The molecule has 0 unspecified atom stereocenters. The molecular weight excluding hydrogens is 741 g/mol.